The largest absolute Gasteiger partial charge is 0.431 e. The number of hydrogen-bond donors (Lipinski definition) is 1. The summed E-state index contributed by atoms with van der Waals surface area (Å²) < 4.78 is 5.60. The van der Waals surface area contributed by atoms with Crippen molar-refractivity contribution in [1.29, 1.82) is 5.26 Å². The molecule has 7 heteroatoms. The van der Waals surface area contributed by atoms with Crippen molar-refractivity contribution >= 4 is 46.1 Å². The highest BCUT2D eigenvalue weighted by atomic mass is 35.5. The smallest absolute Gasteiger partial charge is 0.257 e. The molecule has 2 aromatic carbocycles. The predicted molar refractivity (Wildman–Crippen MR) is 94.1 cm³/mol. The minimum absolute atomic E-state index is 0.199. The first-order chi connectivity index (χ1) is 11.5. The molecular weight excluding hydrogens is 346 g/mol. The Kier molecular flexibility index (Phi) is 4.74. The summed E-state index contributed by atoms with van der Waals surface area (Å²) in [6.45, 7) is 1.76. The molecule has 0 saturated heterocycles. The maximum atomic E-state index is 12.3. The lowest BCUT2D eigenvalue weighted by Gasteiger charge is -2.10. The molecule has 1 heterocycles. The van der Waals surface area contributed by atoms with Crippen LogP contribution in [-0.4, -0.2) is 16.1 Å². The van der Waals surface area contributed by atoms with Crippen molar-refractivity contribution < 1.29 is 9.21 Å². The molecule has 3 aromatic rings. The van der Waals surface area contributed by atoms with Gasteiger partial charge in [-0.2, -0.15) is 5.26 Å². The summed E-state index contributed by atoms with van der Waals surface area (Å²) in [4.78, 5) is 16.6. The number of aromatic nitrogens is 1. The highest BCUT2D eigenvalue weighted by molar-refractivity contribution is 8.00. The number of anilines is 1. The SMILES string of the molecule is C[C@H](Sc1nc2ccc(Cl)cc2o1)C(=O)Nc1cccc(C#N)c1. The van der Waals surface area contributed by atoms with Crippen LogP contribution in [0.1, 0.15) is 12.5 Å². The third-order valence-corrected chi connectivity index (χ3v) is 4.42. The van der Waals surface area contributed by atoms with E-state index < -0.39 is 5.25 Å². The molecule has 24 heavy (non-hydrogen) atoms. The average Bonchev–Trinajstić information content (AvgIpc) is 2.96. The lowest BCUT2D eigenvalue weighted by atomic mass is 10.2. The summed E-state index contributed by atoms with van der Waals surface area (Å²) in [5.41, 5.74) is 2.34. The van der Waals surface area contributed by atoms with E-state index in [4.69, 9.17) is 21.3 Å². The average molecular weight is 358 g/mol. The van der Waals surface area contributed by atoms with Crippen molar-refractivity contribution in [2.45, 2.75) is 17.4 Å². The molecule has 120 valence electrons. The van der Waals surface area contributed by atoms with Crippen LogP contribution in [0.15, 0.2) is 52.1 Å². The number of benzene rings is 2. The van der Waals surface area contributed by atoms with Gasteiger partial charge < -0.3 is 9.73 Å². The fraction of sp³-hybridized carbons (Fsp3) is 0.118. The van der Waals surface area contributed by atoms with Crippen LogP contribution in [0.5, 0.6) is 0 Å². The van der Waals surface area contributed by atoms with Crippen LogP contribution in [0.3, 0.4) is 0 Å². The number of carbonyl (C=O) groups excluding carboxylic acids is 1. The van der Waals surface area contributed by atoms with E-state index in [9.17, 15) is 4.79 Å². The third-order valence-electron chi connectivity index (χ3n) is 3.24. The number of carbonyl (C=O) groups is 1. The van der Waals surface area contributed by atoms with Crippen LogP contribution in [0.2, 0.25) is 5.02 Å². The van der Waals surface area contributed by atoms with Gasteiger partial charge >= 0.3 is 0 Å². The molecule has 0 aliphatic rings. The highest BCUT2D eigenvalue weighted by Crippen LogP contribution is 2.28. The minimum atomic E-state index is -0.417. The number of nitrogens with one attached hydrogen (secondary N) is 1. The molecule has 1 amide bonds. The first-order valence-corrected chi connectivity index (χ1v) is 8.35. The number of hydrogen-bond acceptors (Lipinski definition) is 5. The number of nitriles is 1. The second kappa shape index (κ2) is 6.95. The molecule has 0 unspecified atom stereocenters. The van der Waals surface area contributed by atoms with Crippen LogP contribution >= 0.6 is 23.4 Å². The van der Waals surface area contributed by atoms with E-state index in [1.54, 1.807) is 49.4 Å². The molecule has 0 radical (unpaired) electrons. The number of rotatable bonds is 4. The van der Waals surface area contributed by atoms with E-state index in [1.807, 2.05) is 6.07 Å². The molecule has 1 aromatic heterocycles. The van der Waals surface area contributed by atoms with E-state index in [1.165, 1.54) is 11.8 Å². The van der Waals surface area contributed by atoms with Crippen molar-refractivity contribution in [3.8, 4) is 6.07 Å². The Hall–Kier alpha value is -2.49. The molecular formula is C17H12ClN3O2S. The van der Waals surface area contributed by atoms with E-state index in [2.05, 4.69) is 10.3 Å². The van der Waals surface area contributed by atoms with Gasteiger partial charge in [0.1, 0.15) is 5.52 Å². The monoisotopic (exact) mass is 357 g/mol. The van der Waals surface area contributed by atoms with E-state index >= 15 is 0 Å². The van der Waals surface area contributed by atoms with Crippen LogP contribution in [0.4, 0.5) is 5.69 Å². The van der Waals surface area contributed by atoms with Crippen molar-refractivity contribution in [3.05, 3.63) is 53.1 Å². The Labute approximate surface area is 147 Å². The van der Waals surface area contributed by atoms with E-state index in [-0.39, 0.29) is 5.91 Å². The van der Waals surface area contributed by atoms with Gasteiger partial charge in [0.25, 0.3) is 5.22 Å². The second-order valence-electron chi connectivity index (χ2n) is 5.03. The van der Waals surface area contributed by atoms with Gasteiger partial charge in [-0.15, -0.1) is 0 Å². The molecule has 1 N–H and O–H groups in total. The zero-order valence-corrected chi connectivity index (χ0v) is 14.2. The second-order valence-corrected chi connectivity index (χ2v) is 6.76. The highest BCUT2D eigenvalue weighted by Gasteiger charge is 2.18. The zero-order valence-electron chi connectivity index (χ0n) is 12.6. The lowest BCUT2D eigenvalue weighted by Crippen LogP contribution is -2.22. The predicted octanol–water partition coefficient (Wildman–Crippen LogP) is 4.47. The summed E-state index contributed by atoms with van der Waals surface area (Å²) in [5.74, 6) is -0.199. The van der Waals surface area contributed by atoms with Gasteiger partial charge in [0, 0.05) is 16.8 Å². The van der Waals surface area contributed by atoms with Gasteiger partial charge in [-0.3, -0.25) is 4.79 Å². The number of oxazole rings is 1. The summed E-state index contributed by atoms with van der Waals surface area (Å²) in [7, 11) is 0. The molecule has 0 spiro atoms. The maximum Gasteiger partial charge on any atom is 0.257 e. The topological polar surface area (TPSA) is 78.9 Å². The number of halogens is 1. The van der Waals surface area contributed by atoms with Crippen LogP contribution in [0.25, 0.3) is 11.1 Å². The van der Waals surface area contributed by atoms with Crippen molar-refractivity contribution in [2.75, 3.05) is 5.32 Å². The number of thioether (sulfide) groups is 1. The van der Waals surface area contributed by atoms with Crippen LogP contribution in [-0.2, 0) is 4.79 Å². The normalized spacial score (nSPS) is 11.9. The standard InChI is InChI=1S/C17H12ClN3O2S/c1-10(16(22)20-13-4-2-3-11(7-13)9-19)24-17-21-14-6-5-12(18)8-15(14)23-17/h2-8,10H,1H3,(H,20,22)/t10-/m0/s1. The molecule has 0 aliphatic carbocycles. The van der Waals surface area contributed by atoms with Crippen molar-refractivity contribution in [1.82, 2.24) is 4.98 Å². The Balaban J connectivity index is 1.69. The van der Waals surface area contributed by atoms with Crippen molar-refractivity contribution in [3.63, 3.8) is 0 Å². The zero-order chi connectivity index (χ0) is 17.1. The number of nitrogens with zero attached hydrogens (tertiary/aromatic N) is 2. The lowest BCUT2D eigenvalue weighted by molar-refractivity contribution is -0.115. The Morgan fingerprint density at radius 1 is 1.38 bits per heavy atom. The van der Waals surface area contributed by atoms with Gasteiger partial charge in [0.15, 0.2) is 5.58 Å². The van der Waals surface area contributed by atoms with Crippen LogP contribution < -0.4 is 5.32 Å². The molecule has 1 atom stereocenters. The van der Waals surface area contributed by atoms with Crippen LogP contribution in [0, 0.1) is 11.3 Å². The van der Waals surface area contributed by atoms with E-state index in [0.29, 0.717) is 32.6 Å². The number of fused-ring (bicyclic) bond motifs is 1. The molecule has 5 nitrogen and oxygen atoms in total. The van der Waals surface area contributed by atoms with Gasteiger partial charge in [-0.05, 0) is 37.3 Å². The van der Waals surface area contributed by atoms with Gasteiger partial charge in [-0.25, -0.2) is 4.98 Å². The van der Waals surface area contributed by atoms with Crippen molar-refractivity contribution in [2.24, 2.45) is 0 Å². The molecule has 0 saturated carbocycles. The molecule has 0 bridgehead atoms. The van der Waals surface area contributed by atoms with Gasteiger partial charge in [0.2, 0.25) is 5.91 Å². The number of amides is 1. The third kappa shape index (κ3) is 3.70. The Morgan fingerprint density at radius 3 is 3.00 bits per heavy atom. The molecule has 3 rings (SSSR count). The summed E-state index contributed by atoms with van der Waals surface area (Å²) in [6.07, 6.45) is 0. The minimum Gasteiger partial charge on any atom is -0.431 e. The summed E-state index contributed by atoms with van der Waals surface area (Å²) in [5, 5.41) is 12.2. The summed E-state index contributed by atoms with van der Waals surface area (Å²) in [6, 6.07) is 14.0. The Morgan fingerprint density at radius 2 is 2.21 bits per heavy atom. The fourth-order valence-electron chi connectivity index (χ4n) is 2.04. The Bertz CT molecular complexity index is 948. The quantitative estimate of drug-likeness (QED) is 0.697. The molecule has 0 aliphatic heterocycles. The summed E-state index contributed by atoms with van der Waals surface area (Å²) >= 11 is 7.13. The first-order valence-electron chi connectivity index (χ1n) is 7.09. The van der Waals surface area contributed by atoms with E-state index in [0.717, 1.165) is 0 Å². The molecule has 0 fully saturated rings. The fourth-order valence-corrected chi connectivity index (χ4v) is 2.96. The first kappa shape index (κ1) is 16.4. The van der Waals surface area contributed by atoms with Gasteiger partial charge in [-0.1, -0.05) is 29.4 Å². The maximum absolute atomic E-state index is 12.3. The van der Waals surface area contributed by atoms with Gasteiger partial charge in [0.05, 0.1) is 16.9 Å².